The molecular weight excluding hydrogens is 604 g/mol. The minimum absolute atomic E-state index is 0.0621. The van der Waals surface area contributed by atoms with Gasteiger partial charge in [0.25, 0.3) is 0 Å². The van der Waals surface area contributed by atoms with Crippen molar-refractivity contribution in [3.05, 3.63) is 59.7 Å². The van der Waals surface area contributed by atoms with E-state index in [1.807, 2.05) is 13.8 Å². The van der Waals surface area contributed by atoms with Crippen LogP contribution in [0, 0.1) is 16.7 Å². The molecule has 246 valence electrons. The molecule has 0 radical (unpaired) electrons. The van der Waals surface area contributed by atoms with Crippen LogP contribution < -0.4 is 4.74 Å². The van der Waals surface area contributed by atoms with Gasteiger partial charge in [0, 0.05) is 12.3 Å². The minimum atomic E-state index is -1.72. The van der Waals surface area contributed by atoms with E-state index in [0.717, 1.165) is 0 Å². The number of esters is 2. The lowest BCUT2D eigenvalue weighted by molar-refractivity contribution is -0.734. The van der Waals surface area contributed by atoms with Gasteiger partial charge in [-0.3, -0.25) is 0 Å². The summed E-state index contributed by atoms with van der Waals surface area (Å²) in [5.74, 6) is -1.69. The van der Waals surface area contributed by atoms with Crippen molar-refractivity contribution in [2.24, 2.45) is 16.7 Å². The molecule has 0 amide bonds. The van der Waals surface area contributed by atoms with E-state index in [2.05, 4.69) is 0 Å². The molecule has 2 aromatic rings. The Balaban J connectivity index is 1.03. The van der Waals surface area contributed by atoms with Crippen LogP contribution in [0.4, 0.5) is 0 Å². The van der Waals surface area contributed by atoms with Gasteiger partial charge in [0.1, 0.15) is 48.8 Å². The van der Waals surface area contributed by atoms with Crippen molar-refractivity contribution < 1.29 is 63.5 Å². The van der Waals surface area contributed by atoms with Crippen LogP contribution in [0.25, 0.3) is 0 Å². The van der Waals surface area contributed by atoms with Crippen molar-refractivity contribution in [1.82, 2.24) is 0 Å². The number of carbonyl (C=O) groups is 2. The molecule has 2 saturated heterocycles. The molecule has 0 aromatic heterocycles. The summed E-state index contributed by atoms with van der Waals surface area (Å²) in [5, 5.41) is 54.2. The Kier molecular flexibility index (Phi) is 6.01. The lowest BCUT2D eigenvalue weighted by Crippen LogP contribution is -3.22. The Bertz CT molecular complexity index is 1630. The third kappa shape index (κ3) is 2.98. The molecule has 6 fully saturated rings. The molecule has 5 N–H and O–H groups in total. The topological polar surface area (TPSA) is 191 Å². The summed E-state index contributed by atoms with van der Waals surface area (Å²) in [5.41, 5.74) is -5.01. The Labute approximate surface area is 263 Å². The van der Waals surface area contributed by atoms with Gasteiger partial charge in [-0.2, -0.15) is 0 Å². The van der Waals surface area contributed by atoms with Gasteiger partial charge in [-0.25, -0.2) is 9.59 Å². The smallest absolute Gasteiger partial charge is 0.338 e. The summed E-state index contributed by atoms with van der Waals surface area (Å²) < 4.78 is 35.3. The lowest BCUT2D eigenvalue weighted by Gasteiger charge is -3.10. The summed E-state index contributed by atoms with van der Waals surface area (Å²) in [4.78, 5) is 25.8. The molecule has 8 rings (SSSR count). The molecule has 4 aliphatic carbocycles. The van der Waals surface area contributed by atoms with Crippen LogP contribution >= 0.6 is 0 Å². The molecular formula is C33H36O13. The summed E-state index contributed by atoms with van der Waals surface area (Å²) in [6, 6.07) is 12.5. The number of hydrogen-bond acceptors (Lipinski definition) is 13. The van der Waals surface area contributed by atoms with Crippen LogP contribution in [0.3, 0.4) is 0 Å². The van der Waals surface area contributed by atoms with E-state index >= 15 is 0 Å². The second kappa shape index (κ2) is 9.19. The highest BCUT2D eigenvalue weighted by Gasteiger charge is 3.18. The number of aliphatic hydroxyl groups is 4. The summed E-state index contributed by atoms with van der Waals surface area (Å²) in [6.45, 7) is 3.21. The zero-order chi connectivity index (χ0) is 32.7. The number of rotatable bonds is 9. The van der Waals surface area contributed by atoms with Gasteiger partial charge < -0.3 is 54.0 Å². The van der Waals surface area contributed by atoms with Gasteiger partial charge >= 0.3 is 11.9 Å². The number of aromatic hydroxyl groups is 1. The van der Waals surface area contributed by atoms with Crippen molar-refractivity contribution in [2.75, 3.05) is 20.3 Å². The Morgan fingerprint density at radius 3 is 2.37 bits per heavy atom. The fourth-order valence-corrected chi connectivity index (χ4v) is 10.9. The average Bonchev–Trinajstić information content (AvgIpc) is 3.03. The van der Waals surface area contributed by atoms with Crippen molar-refractivity contribution in [3.63, 3.8) is 0 Å². The molecule has 46 heavy (non-hydrogen) atoms. The lowest BCUT2D eigenvalue weighted by atomic mass is 9.00. The molecule has 13 nitrogen and oxygen atoms in total. The molecule has 2 aromatic carbocycles. The van der Waals surface area contributed by atoms with Crippen LogP contribution in [0.2, 0.25) is 0 Å². The Morgan fingerprint density at radius 2 is 1.67 bits per heavy atom. The molecule has 0 bridgehead atoms. The van der Waals surface area contributed by atoms with E-state index < -0.39 is 82.5 Å². The van der Waals surface area contributed by atoms with E-state index in [4.69, 9.17) is 28.4 Å². The van der Waals surface area contributed by atoms with Gasteiger partial charge in [-0.15, -0.1) is 0 Å². The Hall–Kier alpha value is -3.30. The van der Waals surface area contributed by atoms with Crippen molar-refractivity contribution in [3.8, 4) is 11.5 Å². The van der Waals surface area contributed by atoms with E-state index in [0.29, 0.717) is 18.4 Å². The maximum atomic E-state index is 13.0. The quantitative estimate of drug-likeness (QED) is 0.241. The number of ether oxygens (including phenoxy) is 6. The van der Waals surface area contributed by atoms with E-state index in [1.165, 1.54) is 25.3 Å². The summed E-state index contributed by atoms with van der Waals surface area (Å²) in [6.07, 6.45) is -7.04. The number of phenolic OH excluding ortho intramolecular Hbond substituents is 1. The van der Waals surface area contributed by atoms with Crippen LogP contribution in [-0.4, -0.2) is 111 Å². The largest absolute Gasteiger partial charge is 0.504 e. The first-order chi connectivity index (χ1) is 21.8. The SMILES string of the molecule is COc1cc(C(=O)OC[C@H]2O[C@@H](OC34CC5C3(COC(=O)c3ccccc3)C36C4(C)O[C@@]3(C)C[C@@]56O)[C@H](O)[C@@H](O)[C@@H]2O)ccc1O. The number of aliphatic hydroxyl groups excluding tert-OH is 3. The summed E-state index contributed by atoms with van der Waals surface area (Å²) in [7, 11) is 1.33. The fraction of sp³-hybridized carbons (Fsp3) is 0.576. The van der Waals surface area contributed by atoms with Gasteiger partial charge in [-0.05, 0) is 50.6 Å². The molecule has 6 aliphatic rings. The first-order valence-electron chi connectivity index (χ1n) is 15.3. The van der Waals surface area contributed by atoms with Crippen molar-refractivity contribution in [1.29, 1.82) is 0 Å². The second-order valence-electron chi connectivity index (χ2n) is 13.8. The van der Waals surface area contributed by atoms with E-state index in [1.54, 1.807) is 30.3 Å². The van der Waals surface area contributed by atoms with Crippen molar-refractivity contribution >= 4 is 11.9 Å². The second-order valence-corrected chi connectivity index (χ2v) is 13.8. The standard InChI is InChI=1S/C33H36O13/c1-28-14-31(40)21-12-32(29(2,46-28)33(28,31)30(21,32)15-43-25(38)16-7-5-4-6-8-16)45-27-24(37)23(36)22(35)20(44-27)13-42-26(39)17-9-10-18(34)19(11-17)41-3/h4-11,20-24,27,34-37,40H,12-15H2,1-3H3/t20-,21?,22-,23+,24-,27+,28+,29?,30?,31-,32?,33?/m1/s1. The van der Waals surface area contributed by atoms with Crippen LogP contribution in [0.5, 0.6) is 11.5 Å². The highest BCUT2D eigenvalue weighted by Crippen LogP contribution is 3.06. The van der Waals surface area contributed by atoms with Crippen molar-refractivity contribution in [2.45, 2.75) is 79.8 Å². The zero-order valence-corrected chi connectivity index (χ0v) is 25.4. The van der Waals surface area contributed by atoms with E-state index in [-0.39, 0.29) is 29.6 Å². The fourth-order valence-electron chi connectivity index (χ4n) is 10.9. The molecule has 2 heterocycles. The van der Waals surface area contributed by atoms with Crippen LogP contribution in [0.15, 0.2) is 48.5 Å². The maximum absolute atomic E-state index is 13.0. The molecule has 4 saturated carbocycles. The molecule has 1 spiro atoms. The molecule has 13 heteroatoms. The first-order valence-corrected chi connectivity index (χ1v) is 15.3. The molecule has 2 aliphatic heterocycles. The third-order valence-electron chi connectivity index (χ3n) is 12.2. The Morgan fingerprint density at radius 1 is 0.957 bits per heavy atom. The third-order valence-corrected chi connectivity index (χ3v) is 12.2. The number of fused-ring (bicyclic) bond motifs is 2. The predicted molar refractivity (Wildman–Crippen MR) is 153 cm³/mol. The number of hydrogen-bond donors (Lipinski definition) is 5. The van der Waals surface area contributed by atoms with Gasteiger partial charge in [0.2, 0.25) is 0 Å². The minimum Gasteiger partial charge on any atom is -0.504 e. The molecule has 12 atom stereocenters. The predicted octanol–water partition coefficient (Wildman–Crippen LogP) is 0.680. The first kappa shape index (κ1) is 30.1. The summed E-state index contributed by atoms with van der Waals surface area (Å²) >= 11 is 0. The monoisotopic (exact) mass is 640 g/mol. The van der Waals surface area contributed by atoms with Crippen LogP contribution in [-0.2, 0) is 23.7 Å². The highest BCUT2D eigenvalue weighted by atomic mass is 16.7. The van der Waals surface area contributed by atoms with Gasteiger partial charge in [0.15, 0.2) is 17.8 Å². The highest BCUT2D eigenvalue weighted by molar-refractivity contribution is 5.90. The van der Waals surface area contributed by atoms with Gasteiger partial charge in [0.05, 0.1) is 40.3 Å². The maximum Gasteiger partial charge on any atom is 0.338 e. The zero-order valence-electron chi connectivity index (χ0n) is 25.4. The van der Waals surface area contributed by atoms with Gasteiger partial charge in [-0.1, -0.05) is 18.2 Å². The van der Waals surface area contributed by atoms with E-state index in [9.17, 15) is 35.1 Å². The normalized spacial score (nSPS) is 46.8. The number of phenols is 1. The molecule has 5 unspecified atom stereocenters. The average molecular weight is 641 g/mol. The number of benzene rings is 2. The van der Waals surface area contributed by atoms with Crippen LogP contribution in [0.1, 0.15) is 47.4 Å². The number of methoxy groups -OCH3 is 1. The number of carbonyl (C=O) groups excluding carboxylic acids is 2.